The van der Waals surface area contributed by atoms with E-state index in [4.69, 9.17) is 33.9 Å². The maximum absolute atomic E-state index is 13.1. The minimum atomic E-state index is -0.231. The second-order valence-electron chi connectivity index (χ2n) is 10.3. The molecular weight excluding hydrogens is 521 g/mol. The third-order valence-electron chi connectivity index (χ3n) is 7.73. The Hall–Kier alpha value is -3.31. The fraction of sp³-hybridized carbons (Fsp3) is 0.345. The number of hydrogen-bond acceptors (Lipinski definition) is 5. The molecule has 1 saturated heterocycles. The van der Waals surface area contributed by atoms with Crippen LogP contribution in [-0.2, 0) is 11.2 Å². The predicted octanol–water partition coefficient (Wildman–Crippen LogP) is 4.13. The maximum atomic E-state index is 13.1. The highest BCUT2D eigenvalue weighted by Gasteiger charge is 2.46. The van der Waals surface area contributed by atoms with E-state index < -0.39 is 0 Å². The molecule has 0 bridgehead atoms. The van der Waals surface area contributed by atoms with Gasteiger partial charge < -0.3 is 15.5 Å². The Morgan fingerprint density at radius 2 is 1.89 bits per heavy atom. The maximum Gasteiger partial charge on any atom is 0.298 e. The van der Waals surface area contributed by atoms with Gasteiger partial charge in [-0.15, -0.1) is 0 Å². The van der Waals surface area contributed by atoms with Crippen molar-refractivity contribution < 1.29 is 4.79 Å². The summed E-state index contributed by atoms with van der Waals surface area (Å²) in [7, 11) is 3.37. The molecule has 5 rings (SSSR count). The molecule has 2 heterocycles. The van der Waals surface area contributed by atoms with Gasteiger partial charge in [0, 0.05) is 50.8 Å². The highest BCUT2D eigenvalue weighted by molar-refractivity contribution is 6.43. The first kappa shape index (κ1) is 26.3. The molecule has 0 unspecified atom stereocenters. The Morgan fingerprint density at radius 3 is 2.58 bits per heavy atom. The second-order valence-corrected chi connectivity index (χ2v) is 11.1. The summed E-state index contributed by atoms with van der Waals surface area (Å²) in [4.78, 5) is 33.3. The summed E-state index contributed by atoms with van der Waals surface area (Å²) in [5.41, 5.74) is 10.2. The lowest BCUT2D eigenvalue weighted by molar-refractivity contribution is -0.122. The zero-order valence-electron chi connectivity index (χ0n) is 21.6. The van der Waals surface area contributed by atoms with Gasteiger partial charge in [0.05, 0.1) is 15.7 Å². The van der Waals surface area contributed by atoms with Crippen LogP contribution in [0.2, 0.25) is 10.0 Å². The van der Waals surface area contributed by atoms with Crippen molar-refractivity contribution in [1.82, 2.24) is 14.5 Å². The molecule has 0 saturated carbocycles. The number of aryl methyl sites for hydroxylation is 1. The highest BCUT2D eigenvalue weighted by Crippen LogP contribution is 2.51. The first-order valence-electron chi connectivity index (χ1n) is 12.5. The van der Waals surface area contributed by atoms with Gasteiger partial charge in [0.25, 0.3) is 11.5 Å². The molecule has 2 aliphatic rings. The normalized spacial score (nSPS) is 17.6. The molecule has 1 spiro atoms. The molecule has 1 fully saturated rings. The zero-order chi connectivity index (χ0) is 27.2. The van der Waals surface area contributed by atoms with Crippen LogP contribution in [0.3, 0.4) is 0 Å². The summed E-state index contributed by atoms with van der Waals surface area (Å²) < 4.78 is 1.49. The molecule has 196 valence electrons. The lowest BCUT2D eigenvalue weighted by Crippen LogP contribution is -2.45. The Balaban J connectivity index is 1.33. The van der Waals surface area contributed by atoms with Crippen LogP contribution in [-0.4, -0.2) is 47.5 Å². The van der Waals surface area contributed by atoms with E-state index >= 15 is 0 Å². The Bertz CT molecular complexity index is 1540. The number of anilines is 1. The van der Waals surface area contributed by atoms with Crippen molar-refractivity contribution in [2.24, 2.45) is 11.1 Å². The SMILES string of the molecule is Cc1nc(N2CCC3(CC2)Cc2ccc(C#CC(=O)N(C)C)cc2[C@H]3N)cc(=O)n1-c1cccc(Cl)c1Cl. The van der Waals surface area contributed by atoms with Gasteiger partial charge in [0.2, 0.25) is 0 Å². The third kappa shape index (κ3) is 4.69. The number of amides is 1. The summed E-state index contributed by atoms with van der Waals surface area (Å²) in [5.74, 6) is 6.61. The lowest BCUT2D eigenvalue weighted by Gasteiger charge is -2.42. The van der Waals surface area contributed by atoms with E-state index in [9.17, 15) is 9.59 Å². The van der Waals surface area contributed by atoms with Crippen molar-refractivity contribution in [2.45, 2.75) is 32.2 Å². The van der Waals surface area contributed by atoms with Gasteiger partial charge in [-0.1, -0.05) is 41.3 Å². The Morgan fingerprint density at radius 1 is 1.16 bits per heavy atom. The lowest BCUT2D eigenvalue weighted by atomic mass is 9.73. The first-order chi connectivity index (χ1) is 18.1. The third-order valence-corrected chi connectivity index (χ3v) is 8.54. The summed E-state index contributed by atoms with van der Waals surface area (Å²) >= 11 is 12.5. The van der Waals surface area contributed by atoms with E-state index in [1.54, 1.807) is 45.3 Å². The van der Waals surface area contributed by atoms with E-state index in [1.165, 1.54) is 15.0 Å². The van der Waals surface area contributed by atoms with Gasteiger partial charge in [-0.3, -0.25) is 14.2 Å². The Kier molecular flexibility index (Phi) is 6.99. The average molecular weight is 550 g/mol. The quantitative estimate of drug-likeness (QED) is 0.486. The average Bonchev–Trinajstić information content (AvgIpc) is 3.15. The molecule has 9 heteroatoms. The zero-order valence-corrected chi connectivity index (χ0v) is 23.1. The molecule has 1 aliphatic carbocycles. The smallest absolute Gasteiger partial charge is 0.298 e. The van der Waals surface area contributed by atoms with Crippen LogP contribution in [0.25, 0.3) is 5.69 Å². The van der Waals surface area contributed by atoms with Crippen LogP contribution in [0.5, 0.6) is 0 Å². The predicted molar refractivity (Wildman–Crippen MR) is 151 cm³/mol. The van der Waals surface area contributed by atoms with Crippen LogP contribution < -0.4 is 16.2 Å². The van der Waals surface area contributed by atoms with Crippen LogP contribution in [0.4, 0.5) is 5.82 Å². The van der Waals surface area contributed by atoms with Gasteiger partial charge in [0.15, 0.2) is 0 Å². The standard InChI is InChI=1S/C29H29Cl2N5O2/c1-18-33-24(16-26(38)36(18)23-6-4-5-22(30)27(23)31)35-13-11-29(12-14-35)17-20-9-7-19(15-21(20)28(29)32)8-10-25(37)34(2)3/h4-7,9,15-16,28H,11-14,17,32H2,1-3H3/t28-/m1/s1. The molecule has 2 N–H and O–H groups in total. The van der Waals surface area contributed by atoms with Gasteiger partial charge in [-0.25, -0.2) is 4.98 Å². The topological polar surface area (TPSA) is 84.5 Å². The summed E-state index contributed by atoms with van der Waals surface area (Å²) in [6.45, 7) is 3.29. The minimum absolute atomic E-state index is 0.0529. The minimum Gasteiger partial charge on any atom is -0.356 e. The largest absolute Gasteiger partial charge is 0.356 e. The van der Waals surface area contributed by atoms with Crippen molar-refractivity contribution in [3.63, 3.8) is 0 Å². The van der Waals surface area contributed by atoms with Crippen molar-refractivity contribution in [1.29, 1.82) is 0 Å². The van der Waals surface area contributed by atoms with E-state index in [-0.39, 0.29) is 22.9 Å². The molecule has 1 atom stereocenters. The van der Waals surface area contributed by atoms with Gasteiger partial charge >= 0.3 is 0 Å². The van der Waals surface area contributed by atoms with E-state index in [0.29, 0.717) is 27.4 Å². The number of rotatable bonds is 2. The molecule has 2 aromatic carbocycles. The molecule has 38 heavy (non-hydrogen) atoms. The number of aromatic nitrogens is 2. The number of benzene rings is 2. The first-order valence-corrected chi connectivity index (χ1v) is 13.3. The van der Waals surface area contributed by atoms with Crippen molar-refractivity contribution in [3.8, 4) is 17.5 Å². The van der Waals surface area contributed by atoms with Gasteiger partial charge in [-0.05, 0) is 67.0 Å². The number of hydrogen-bond donors (Lipinski definition) is 1. The van der Waals surface area contributed by atoms with E-state index in [2.05, 4.69) is 22.8 Å². The molecule has 1 aromatic heterocycles. The van der Waals surface area contributed by atoms with Crippen molar-refractivity contribution in [2.75, 3.05) is 32.1 Å². The summed E-state index contributed by atoms with van der Waals surface area (Å²) in [6.07, 6.45) is 2.67. The molecule has 0 radical (unpaired) electrons. The highest BCUT2D eigenvalue weighted by atomic mass is 35.5. The summed E-state index contributed by atoms with van der Waals surface area (Å²) in [5, 5.41) is 0.707. The number of piperidine rings is 1. The van der Waals surface area contributed by atoms with Gasteiger partial charge in [-0.2, -0.15) is 0 Å². The van der Waals surface area contributed by atoms with Crippen LogP contribution >= 0.6 is 23.2 Å². The summed E-state index contributed by atoms with van der Waals surface area (Å²) in [6, 6.07) is 12.7. The number of nitrogens with two attached hydrogens (primary N) is 1. The fourth-order valence-electron chi connectivity index (χ4n) is 5.55. The molecule has 1 amide bonds. The monoisotopic (exact) mass is 549 g/mol. The number of carbonyl (C=O) groups excluding carboxylic acids is 1. The van der Waals surface area contributed by atoms with Crippen LogP contribution in [0.15, 0.2) is 47.3 Å². The number of halogens is 2. The molecule has 3 aromatic rings. The van der Waals surface area contributed by atoms with E-state index in [1.807, 2.05) is 12.1 Å². The van der Waals surface area contributed by atoms with Crippen LogP contribution in [0, 0.1) is 24.2 Å². The van der Waals surface area contributed by atoms with Gasteiger partial charge in [0.1, 0.15) is 11.6 Å². The second kappa shape index (κ2) is 10.1. The number of fused-ring (bicyclic) bond motifs is 1. The Labute approximate surface area is 232 Å². The fourth-order valence-corrected chi connectivity index (χ4v) is 5.93. The molecule has 7 nitrogen and oxygen atoms in total. The number of carbonyl (C=O) groups is 1. The van der Waals surface area contributed by atoms with Crippen molar-refractivity contribution in [3.05, 3.63) is 85.4 Å². The molecule has 1 aliphatic heterocycles. The van der Waals surface area contributed by atoms with E-state index in [0.717, 1.165) is 43.5 Å². The van der Waals surface area contributed by atoms with Crippen LogP contribution in [0.1, 0.15) is 41.4 Å². The van der Waals surface area contributed by atoms with Crippen molar-refractivity contribution >= 4 is 34.9 Å². The molecular formula is C29H29Cl2N5O2. The number of nitrogens with zero attached hydrogens (tertiary/aromatic N) is 4.